The summed E-state index contributed by atoms with van der Waals surface area (Å²) in [6.45, 7) is 0. The number of hydrogen-bond donors (Lipinski definition) is 2. The van der Waals surface area contributed by atoms with Gasteiger partial charge in [-0.2, -0.15) is 0 Å². The largest absolute Gasteiger partial charge is 0.349 e. The Morgan fingerprint density at radius 3 is 2.68 bits per heavy atom. The van der Waals surface area contributed by atoms with E-state index in [1.807, 2.05) is 12.1 Å². The van der Waals surface area contributed by atoms with Crippen molar-refractivity contribution in [2.75, 3.05) is 5.32 Å². The number of carbonyl (C=O) groups is 1. The lowest BCUT2D eigenvalue weighted by Crippen LogP contribution is -2.25. The van der Waals surface area contributed by atoms with Crippen molar-refractivity contribution in [1.82, 2.24) is 15.3 Å². The zero-order chi connectivity index (χ0) is 13.1. The predicted molar refractivity (Wildman–Crippen MR) is 72.2 cm³/mol. The van der Waals surface area contributed by atoms with Crippen LogP contribution in [0.5, 0.6) is 0 Å². The number of nitrogens with one attached hydrogen (secondary N) is 2. The summed E-state index contributed by atoms with van der Waals surface area (Å²) in [5, 5.41) is 6.03. The van der Waals surface area contributed by atoms with Crippen molar-refractivity contribution < 1.29 is 4.79 Å². The molecule has 1 aromatic carbocycles. The molecule has 19 heavy (non-hydrogen) atoms. The Balaban J connectivity index is 1.73. The molecule has 1 heterocycles. The highest BCUT2D eigenvalue weighted by Crippen LogP contribution is 2.20. The Morgan fingerprint density at radius 2 is 1.95 bits per heavy atom. The molecule has 0 radical (unpaired) electrons. The first kappa shape index (κ1) is 11.6. The van der Waals surface area contributed by atoms with Crippen LogP contribution in [0.25, 0.3) is 0 Å². The van der Waals surface area contributed by atoms with E-state index in [1.54, 1.807) is 30.6 Å². The van der Waals surface area contributed by atoms with Gasteiger partial charge in [-0.25, -0.2) is 9.97 Å². The van der Waals surface area contributed by atoms with Crippen LogP contribution in [0, 0.1) is 0 Å². The van der Waals surface area contributed by atoms with E-state index in [9.17, 15) is 4.79 Å². The molecule has 1 saturated carbocycles. The molecule has 0 spiro atoms. The Bertz CT molecular complexity index is 581. The summed E-state index contributed by atoms with van der Waals surface area (Å²) < 4.78 is 0. The summed E-state index contributed by atoms with van der Waals surface area (Å²) in [5.41, 5.74) is 1.45. The quantitative estimate of drug-likeness (QED) is 0.877. The summed E-state index contributed by atoms with van der Waals surface area (Å²) in [4.78, 5) is 20.1. The molecular formula is C14H14N4O. The van der Waals surface area contributed by atoms with E-state index in [2.05, 4.69) is 20.6 Å². The smallest absolute Gasteiger partial charge is 0.251 e. The normalized spacial score (nSPS) is 13.9. The number of rotatable bonds is 4. The number of benzene rings is 1. The van der Waals surface area contributed by atoms with Crippen LogP contribution >= 0.6 is 0 Å². The average Bonchev–Trinajstić information content (AvgIpc) is 3.24. The first-order chi connectivity index (χ1) is 9.31. The SMILES string of the molecule is O=C(NC1CC1)c1cccc(Nc2ncccn2)c1. The van der Waals surface area contributed by atoms with Crippen LogP contribution in [0.1, 0.15) is 23.2 Å². The highest BCUT2D eigenvalue weighted by Gasteiger charge is 2.23. The van der Waals surface area contributed by atoms with Crippen molar-refractivity contribution in [3.05, 3.63) is 48.3 Å². The van der Waals surface area contributed by atoms with Crippen molar-refractivity contribution in [3.63, 3.8) is 0 Å². The molecule has 5 heteroatoms. The third-order valence-electron chi connectivity index (χ3n) is 2.86. The van der Waals surface area contributed by atoms with E-state index in [4.69, 9.17) is 0 Å². The topological polar surface area (TPSA) is 66.9 Å². The monoisotopic (exact) mass is 254 g/mol. The molecule has 1 aromatic heterocycles. The van der Waals surface area contributed by atoms with Gasteiger partial charge in [0, 0.05) is 29.7 Å². The van der Waals surface area contributed by atoms with Gasteiger partial charge >= 0.3 is 0 Å². The van der Waals surface area contributed by atoms with Crippen LogP contribution in [0.15, 0.2) is 42.7 Å². The molecule has 0 saturated heterocycles. The third-order valence-corrected chi connectivity index (χ3v) is 2.86. The minimum absolute atomic E-state index is 0.0277. The highest BCUT2D eigenvalue weighted by molar-refractivity contribution is 5.95. The molecule has 2 N–H and O–H groups in total. The molecule has 1 amide bonds. The van der Waals surface area contributed by atoms with Crippen molar-refractivity contribution in [2.45, 2.75) is 18.9 Å². The van der Waals surface area contributed by atoms with Crippen LogP contribution < -0.4 is 10.6 Å². The fraction of sp³-hybridized carbons (Fsp3) is 0.214. The van der Waals surface area contributed by atoms with Crippen molar-refractivity contribution in [2.24, 2.45) is 0 Å². The molecule has 1 fully saturated rings. The molecule has 1 aliphatic carbocycles. The van der Waals surface area contributed by atoms with Gasteiger partial charge in [0.05, 0.1) is 0 Å². The van der Waals surface area contributed by atoms with Crippen LogP contribution in [0.4, 0.5) is 11.6 Å². The minimum Gasteiger partial charge on any atom is -0.349 e. The van der Waals surface area contributed by atoms with Gasteiger partial charge in [0.15, 0.2) is 0 Å². The van der Waals surface area contributed by atoms with Gasteiger partial charge in [-0.15, -0.1) is 0 Å². The molecule has 2 aromatic rings. The maximum Gasteiger partial charge on any atom is 0.251 e. The number of carbonyl (C=O) groups excluding carboxylic acids is 1. The molecule has 0 aliphatic heterocycles. The Kier molecular flexibility index (Phi) is 3.10. The molecule has 0 atom stereocenters. The molecule has 5 nitrogen and oxygen atoms in total. The maximum atomic E-state index is 11.9. The lowest BCUT2D eigenvalue weighted by molar-refractivity contribution is 0.0951. The van der Waals surface area contributed by atoms with Crippen molar-refractivity contribution >= 4 is 17.5 Å². The molecule has 0 unspecified atom stereocenters. The third kappa shape index (κ3) is 3.07. The molecule has 3 rings (SSSR count). The van der Waals surface area contributed by atoms with Crippen LogP contribution in [0.3, 0.4) is 0 Å². The minimum atomic E-state index is -0.0277. The number of amides is 1. The first-order valence-corrected chi connectivity index (χ1v) is 6.26. The number of nitrogens with zero attached hydrogens (tertiary/aromatic N) is 2. The summed E-state index contributed by atoms with van der Waals surface area (Å²) in [6.07, 6.45) is 5.50. The fourth-order valence-corrected chi connectivity index (χ4v) is 1.73. The van der Waals surface area contributed by atoms with Crippen molar-refractivity contribution in [1.29, 1.82) is 0 Å². The summed E-state index contributed by atoms with van der Waals surface area (Å²) in [5.74, 6) is 0.488. The van der Waals surface area contributed by atoms with E-state index < -0.39 is 0 Å². The van der Waals surface area contributed by atoms with Crippen LogP contribution in [-0.4, -0.2) is 21.9 Å². The summed E-state index contributed by atoms with van der Waals surface area (Å²) >= 11 is 0. The Labute approximate surface area is 111 Å². The van der Waals surface area contributed by atoms with Gasteiger partial charge < -0.3 is 10.6 Å². The molecule has 1 aliphatic rings. The predicted octanol–water partition coefficient (Wildman–Crippen LogP) is 2.11. The molecule has 96 valence electrons. The zero-order valence-corrected chi connectivity index (χ0v) is 10.3. The van der Waals surface area contributed by atoms with Crippen LogP contribution in [0.2, 0.25) is 0 Å². The van der Waals surface area contributed by atoms with Gasteiger partial charge in [-0.3, -0.25) is 4.79 Å². The second-order valence-electron chi connectivity index (χ2n) is 4.53. The van der Waals surface area contributed by atoms with E-state index in [1.165, 1.54) is 0 Å². The molecule has 0 bridgehead atoms. The lowest BCUT2D eigenvalue weighted by Gasteiger charge is -2.07. The van der Waals surface area contributed by atoms with Gasteiger partial charge in [-0.1, -0.05) is 6.07 Å². The summed E-state index contributed by atoms with van der Waals surface area (Å²) in [7, 11) is 0. The van der Waals surface area contributed by atoms with E-state index in [0.717, 1.165) is 18.5 Å². The number of anilines is 2. The highest BCUT2D eigenvalue weighted by atomic mass is 16.1. The Morgan fingerprint density at radius 1 is 1.16 bits per heavy atom. The van der Waals surface area contributed by atoms with E-state index in [-0.39, 0.29) is 5.91 Å². The van der Waals surface area contributed by atoms with Gasteiger partial charge in [0.25, 0.3) is 5.91 Å². The zero-order valence-electron chi connectivity index (χ0n) is 10.3. The Hall–Kier alpha value is -2.43. The summed E-state index contributed by atoms with van der Waals surface area (Å²) in [6, 6.07) is 9.44. The lowest BCUT2D eigenvalue weighted by atomic mass is 10.2. The van der Waals surface area contributed by atoms with Gasteiger partial charge in [0.2, 0.25) is 5.95 Å². The number of hydrogen-bond acceptors (Lipinski definition) is 4. The average molecular weight is 254 g/mol. The second kappa shape index (κ2) is 5.06. The maximum absolute atomic E-state index is 11.9. The first-order valence-electron chi connectivity index (χ1n) is 6.26. The second-order valence-corrected chi connectivity index (χ2v) is 4.53. The number of aromatic nitrogens is 2. The van der Waals surface area contributed by atoms with E-state index >= 15 is 0 Å². The molecular weight excluding hydrogens is 240 g/mol. The van der Waals surface area contributed by atoms with Gasteiger partial charge in [-0.05, 0) is 37.1 Å². The van der Waals surface area contributed by atoms with E-state index in [0.29, 0.717) is 17.6 Å². The van der Waals surface area contributed by atoms with Crippen molar-refractivity contribution in [3.8, 4) is 0 Å². The fourth-order valence-electron chi connectivity index (χ4n) is 1.73. The standard InChI is InChI=1S/C14H14N4O/c19-13(17-11-5-6-11)10-3-1-4-12(9-10)18-14-15-7-2-8-16-14/h1-4,7-9,11H,5-6H2,(H,17,19)(H,15,16,18). The van der Waals surface area contributed by atoms with Gasteiger partial charge in [0.1, 0.15) is 0 Å². The van der Waals surface area contributed by atoms with Crippen LogP contribution in [-0.2, 0) is 0 Å².